The molecule has 2 nitrogen and oxygen atoms in total. The van der Waals surface area contributed by atoms with Crippen LogP contribution in [0.15, 0.2) is 42.5 Å². The standard InChI is InChI=1S/C20H24O2/c1-3-15(2)19(21)22-20(13-6-7-14-20)18-12-8-10-16-9-4-5-11-17(16)18/h4-5,8-12,15H,3,6-7,13-14H2,1-2H3. The Morgan fingerprint density at radius 1 is 1.14 bits per heavy atom. The van der Waals surface area contributed by atoms with Gasteiger partial charge < -0.3 is 4.74 Å². The first-order chi connectivity index (χ1) is 10.7. The van der Waals surface area contributed by atoms with E-state index in [1.54, 1.807) is 0 Å². The highest BCUT2D eigenvalue weighted by Crippen LogP contribution is 2.45. The van der Waals surface area contributed by atoms with Gasteiger partial charge in [0.25, 0.3) is 0 Å². The molecule has 0 saturated heterocycles. The average Bonchev–Trinajstić information content (AvgIpc) is 3.03. The molecule has 2 heteroatoms. The molecule has 116 valence electrons. The van der Waals surface area contributed by atoms with Gasteiger partial charge in [-0.05, 0) is 42.9 Å². The summed E-state index contributed by atoms with van der Waals surface area (Å²) in [5, 5.41) is 2.43. The molecule has 0 aromatic heterocycles. The van der Waals surface area contributed by atoms with E-state index in [0.29, 0.717) is 0 Å². The lowest BCUT2D eigenvalue weighted by molar-refractivity contribution is -0.165. The quantitative estimate of drug-likeness (QED) is 0.725. The highest BCUT2D eigenvalue weighted by atomic mass is 16.6. The number of ether oxygens (including phenoxy) is 1. The third-order valence-electron chi connectivity index (χ3n) is 5.00. The van der Waals surface area contributed by atoms with Crippen LogP contribution in [0.25, 0.3) is 10.8 Å². The summed E-state index contributed by atoms with van der Waals surface area (Å²) in [5.41, 5.74) is 0.751. The molecule has 0 bridgehead atoms. The number of fused-ring (bicyclic) bond motifs is 1. The molecule has 22 heavy (non-hydrogen) atoms. The molecular formula is C20H24O2. The Kier molecular flexibility index (Phi) is 4.19. The number of hydrogen-bond donors (Lipinski definition) is 0. The van der Waals surface area contributed by atoms with Gasteiger partial charge in [0.1, 0.15) is 5.60 Å². The highest BCUT2D eigenvalue weighted by Gasteiger charge is 2.41. The third kappa shape index (κ3) is 2.63. The molecule has 2 aromatic carbocycles. The van der Waals surface area contributed by atoms with Gasteiger partial charge >= 0.3 is 5.97 Å². The molecular weight excluding hydrogens is 272 g/mol. The summed E-state index contributed by atoms with van der Waals surface area (Å²) < 4.78 is 6.11. The number of carbonyl (C=O) groups excluding carboxylic acids is 1. The van der Waals surface area contributed by atoms with E-state index < -0.39 is 5.60 Å². The second kappa shape index (κ2) is 6.12. The SMILES string of the molecule is CCC(C)C(=O)OC1(c2cccc3ccccc23)CCCC1. The van der Waals surface area contributed by atoms with Crippen LogP contribution in [-0.2, 0) is 15.1 Å². The van der Waals surface area contributed by atoms with Crippen LogP contribution in [-0.4, -0.2) is 5.97 Å². The van der Waals surface area contributed by atoms with E-state index in [-0.39, 0.29) is 11.9 Å². The van der Waals surface area contributed by atoms with Gasteiger partial charge in [-0.2, -0.15) is 0 Å². The lowest BCUT2D eigenvalue weighted by Gasteiger charge is -2.32. The average molecular weight is 296 g/mol. The maximum Gasteiger partial charge on any atom is 0.309 e. The van der Waals surface area contributed by atoms with E-state index in [9.17, 15) is 4.79 Å². The van der Waals surface area contributed by atoms with Crippen LogP contribution in [0.1, 0.15) is 51.5 Å². The number of hydrogen-bond acceptors (Lipinski definition) is 2. The molecule has 1 atom stereocenters. The zero-order valence-electron chi connectivity index (χ0n) is 13.5. The predicted octanol–water partition coefficient (Wildman–Crippen LogP) is 5.20. The summed E-state index contributed by atoms with van der Waals surface area (Å²) in [7, 11) is 0. The number of carbonyl (C=O) groups is 1. The Hall–Kier alpha value is -1.83. The minimum Gasteiger partial charge on any atom is -0.454 e. The van der Waals surface area contributed by atoms with Crippen molar-refractivity contribution in [2.75, 3.05) is 0 Å². The summed E-state index contributed by atoms with van der Waals surface area (Å²) in [4.78, 5) is 12.4. The summed E-state index contributed by atoms with van der Waals surface area (Å²) in [5.74, 6) is -0.0928. The van der Waals surface area contributed by atoms with Gasteiger partial charge in [-0.3, -0.25) is 4.79 Å². The molecule has 0 N–H and O–H groups in total. The third-order valence-corrected chi connectivity index (χ3v) is 5.00. The van der Waals surface area contributed by atoms with Gasteiger partial charge in [0.05, 0.1) is 5.92 Å². The van der Waals surface area contributed by atoms with Crippen molar-refractivity contribution in [3.8, 4) is 0 Å². The van der Waals surface area contributed by atoms with E-state index in [1.165, 1.54) is 16.3 Å². The summed E-state index contributed by atoms with van der Waals surface area (Å²) in [6.07, 6.45) is 4.94. The number of rotatable bonds is 4. The van der Waals surface area contributed by atoms with Gasteiger partial charge in [-0.25, -0.2) is 0 Å². The second-order valence-electron chi connectivity index (χ2n) is 6.46. The molecule has 1 fully saturated rings. The molecule has 1 aliphatic rings. The van der Waals surface area contributed by atoms with Gasteiger partial charge in [0.15, 0.2) is 0 Å². The lowest BCUT2D eigenvalue weighted by atomic mass is 9.87. The van der Waals surface area contributed by atoms with E-state index in [1.807, 2.05) is 13.8 Å². The molecule has 2 aromatic rings. The monoisotopic (exact) mass is 296 g/mol. The molecule has 1 aliphatic carbocycles. The molecule has 0 aliphatic heterocycles. The zero-order chi connectivity index (χ0) is 15.6. The number of benzene rings is 2. The van der Waals surface area contributed by atoms with Crippen molar-refractivity contribution in [1.82, 2.24) is 0 Å². The predicted molar refractivity (Wildman–Crippen MR) is 89.6 cm³/mol. The van der Waals surface area contributed by atoms with E-state index in [0.717, 1.165) is 32.1 Å². The van der Waals surface area contributed by atoms with Gasteiger partial charge in [0, 0.05) is 5.56 Å². The van der Waals surface area contributed by atoms with Crippen LogP contribution in [0.2, 0.25) is 0 Å². The summed E-state index contributed by atoms with van der Waals surface area (Å²) in [6, 6.07) is 14.7. The maximum atomic E-state index is 12.4. The smallest absolute Gasteiger partial charge is 0.309 e. The maximum absolute atomic E-state index is 12.4. The Labute approximate surface area is 132 Å². The second-order valence-corrected chi connectivity index (χ2v) is 6.46. The molecule has 0 radical (unpaired) electrons. The van der Waals surface area contributed by atoms with Crippen LogP contribution in [0.3, 0.4) is 0 Å². The van der Waals surface area contributed by atoms with E-state index in [4.69, 9.17) is 4.74 Å². The van der Waals surface area contributed by atoms with Crippen molar-refractivity contribution in [3.05, 3.63) is 48.0 Å². The molecule has 3 rings (SSSR count). The largest absolute Gasteiger partial charge is 0.454 e. The first-order valence-corrected chi connectivity index (χ1v) is 8.37. The first kappa shape index (κ1) is 15.1. The topological polar surface area (TPSA) is 26.3 Å². The van der Waals surface area contributed by atoms with Gasteiger partial charge in [-0.15, -0.1) is 0 Å². The normalized spacial score (nSPS) is 18.3. The van der Waals surface area contributed by atoms with Gasteiger partial charge in [-0.1, -0.05) is 56.3 Å². The van der Waals surface area contributed by atoms with Crippen molar-refractivity contribution >= 4 is 16.7 Å². The fourth-order valence-corrected chi connectivity index (χ4v) is 3.46. The van der Waals surface area contributed by atoms with Crippen molar-refractivity contribution < 1.29 is 9.53 Å². The summed E-state index contributed by atoms with van der Waals surface area (Å²) >= 11 is 0. The molecule has 1 saturated carbocycles. The van der Waals surface area contributed by atoms with Gasteiger partial charge in [0.2, 0.25) is 0 Å². The number of esters is 1. The van der Waals surface area contributed by atoms with Crippen molar-refractivity contribution in [2.24, 2.45) is 5.92 Å². The van der Waals surface area contributed by atoms with Crippen LogP contribution in [0.5, 0.6) is 0 Å². The van der Waals surface area contributed by atoms with Crippen molar-refractivity contribution in [2.45, 2.75) is 51.6 Å². The fourth-order valence-electron chi connectivity index (χ4n) is 3.46. The Morgan fingerprint density at radius 3 is 2.55 bits per heavy atom. The van der Waals surface area contributed by atoms with Crippen molar-refractivity contribution in [3.63, 3.8) is 0 Å². The van der Waals surface area contributed by atoms with Crippen LogP contribution >= 0.6 is 0 Å². The van der Waals surface area contributed by atoms with E-state index in [2.05, 4.69) is 42.5 Å². The Bertz CT molecular complexity index is 663. The van der Waals surface area contributed by atoms with Crippen LogP contribution in [0, 0.1) is 5.92 Å². The molecule has 0 heterocycles. The van der Waals surface area contributed by atoms with Crippen molar-refractivity contribution in [1.29, 1.82) is 0 Å². The zero-order valence-corrected chi connectivity index (χ0v) is 13.5. The van der Waals surface area contributed by atoms with Crippen LogP contribution < -0.4 is 0 Å². The first-order valence-electron chi connectivity index (χ1n) is 8.37. The Morgan fingerprint density at radius 2 is 1.82 bits per heavy atom. The van der Waals surface area contributed by atoms with Crippen LogP contribution in [0.4, 0.5) is 0 Å². The fraction of sp³-hybridized carbons (Fsp3) is 0.450. The molecule has 0 amide bonds. The summed E-state index contributed by atoms with van der Waals surface area (Å²) in [6.45, 7) is 3.99. The molecule has 0 spiro atoms. The lowest BCUT2D eigenvalue weighted by Crippen LogP contribution is -2.32. The van der Waals surface area contributed by atoms with E-state index >= 15 is 0 Å². The highest BCUT2D eigenvalue weighted by molar-refractivity contribution is 5.87. The minimum absolute atomic E-state index is 0.0348. The molecule has 1 unspecified atom stereocenters. The minimum atomic E-state index is -0.429. The Balaban J connectivity index is 2.05.